The Bertz CT molecular complexity index is 466. The molecule has 0 aromatic carbocycles. The monoisotopic (exact) mass is 247 g/mol. The molecule has 1 saturated carbocycles. The molecule has 1 aromatic rings. The van der Waals surface area contributed by atoms with Crippen molar-refractivity contribution in [3.8, 4) is 0 Å². The van der Waals surface area contributed by atoms with Gasteiger partial charge in [-0.3, -0.25) is 9.78 Å². The second-order valence-corrected chi connectivity index (χ2v) is 6.09. The van der Waals surface area contributed by atoms with Crippen LogP contribution in [0.3, 0.4) is 0 Å². The molecule has 1 amide bonds. The first-order valence-electron chi connectivity index (χ1n) is 6.26. The molecule has 4 nitrogen and oxygen atoms in total. The van der Waals surface area contributed by atoms with Gasteiger partial charge < -0.3 is 11.1 Å². The van der Waals surface area contributed by atoms with Crippen molar-refractivity contribution in [2.45, 2.75) is 40.3 Å². The van der Waals surface area contributed by atoms with Crippen LogP contribution >= 0.6 is 0 Å². The number of aromatic nitrogens is 1. The summed E-state index contributed by atoms with van der Waals surface area (Å²) >= 11 is 0. The maximum absolute atomic E-state index is 12.2. The Morgan fingerprint density at radius 3 is 2.50 bits per heavy atom. The van der Waals surface area contributed by atoms with Crippen molar-refractivity contribution < 1.29 is 4.79 Å². The van der Waals surface area contributed by atoms with Gasteiger partial charge >= 0.3 is 0 Å². The van der Waals surface area contributed by atoms with E-state index >= 15 is 0 Å². The predicted octanol–water partition coefficient (Wildman–Crippen LogP) is 1.70. The molecule has 1 aromatic heterocycles. The molecular weight excluding hydrogens is 226 g/mol. The van der Waals surface area contributed by atoms with Gasteiger partial charge in [0.2, 0.25) is 0 Å². The summed E-state index contributed by atoms with van der Waals surface area (Å²) in [5, 5.41) is 3.09. The minimum Gasteiger partial charge on any atom is -0.348 e. The molecule has 98 valence electrons. The molecule has 1 aliphatic carbocycles. The largest absolute Gasteiger partial charge is 0.348 e. The lowest BCUT2D eigenvalue weighted by Gasteiger charge is -2.07. The minimum atomic E-state index is -0.0456. The zero-order chi connectivity index (χ0) is 13.6. The van der Waals surface area contributed by atoms with Crippen molar-refractivity contribution in [3.05, 3.63) is 29.6 Å². The standard InChI is InChI=1S/C14H21N3O/c1-13(2)12(14(13,3)4)17-11(18)9-5-6-16-10(7-9)8-15/h5-7,12H,8,15H2,1-4H3,(H,17,18). The van der Waals surface area contributed by atoms with Crippen molar-refractivity contribution in [1.29, 1.82) is 0 Å². The van der Waals surface area contributed by atoms with E-state index in [0.29, 0.717) is 12.1 Å². The van der Waals surface area contributed by atoms with Crippen LogP contribution in [0.25, 0.3) is 0 Å². The van der Waals surface area contributed by atoms with E-state index in [-0.39, 0.29) is 22.8 Å². The van der Waals surface area contributed by atoms with Crippen molar-refractivity contribution in [3.63, 3.8) is 0 Å². The summed E-state index contributed by atoms with van der Waals surface area (Å²) in [5.41, 5.74) is 7.18. The van der Waals surface area contributed by atoms with E-state index in [1.807, 2.05) is 0 Å². The summed E-state index contributed by atoms with van der Waals surface area (Å²) in [6.45, 7) is 9.05. The fourth-order valence-corrected chi connectivity index (χ4v) is 2.50. The van der Waals surface area contributed by atoms with Crippen LogP contribution in [0, 0.1) is 10.8 Å². The maximum Gasteiger partial charge on any atom is 0.251 e. The molecule has 2 rings (SSSR count). The highest BCUT2D eigenvalue weighted by atomic mass is 16.1. The number of nitrogens with one attached hydrogen (secondary N) is 1. The van der Waals surface area contributed by atoms with Crippen LogP contribution in [-0.4, -0.2) is 16.9 Å². The van der Waals surface area contributed by atoms with E-state index in [2.05, 4.69) is 38.0 Å². The fourth-order valence-electron chi connectivity index (χ4n) is 2.50. The minimum absolute atomic E-state index is 0.0456. The first-order valence-corrected chi connectivity index (χ1v) is 6.26. The van der Waals surface area contributed by atoms with Crippen molar-refractivity contribution in [2.24, 2.45) is 16.6 Å². The molecule has 0 atom stereocenters. The van der Waals surface area contributed by atoms with Crippen LogP contribution in [0.4, 0.5) is 0 Å². The van der Waals surface area contributed by atoms with Crippen LogP contribution in [0.15, 0.2) is 18.3 Å². The Morgan fingerprint density at radius 1 is 1.39 bits per heavy atom. The Hall–Kier alpha value is -1.42. The number of nitrogens with two attached hydrogens (primary N) is 1. The van der Waals surface area contributed by atoms with Gasteiger partial charge in [0, 0.05) is 24.3 Å². The number of amides is 1. The second kappa shape index (κ2) is 4.05. The number of nitrogens with zero attached hydrogens (tertiary/aromatic N) is 1. The van der Waals surface area contributed by atoms with Gasteiger partial charge in [-0.05, 0) is 23.0 Å². The molecular formula is C14H21N3O. The summed E-state index contributed by atoms with van der Waals surface area (Å²) in [4.78, 5) is 16.2. The molecule has 0 saturated heterocycles. The van der Waals surface area contributed by atoms with Gasteiger partial charge in [-0.2, -0.15) is 0 Å². The van der Waals surface area contributed by atoms with E-state index in [0.717, 1.165) is 5.69 Å². The van der Waals surface area contributed by atoms with Crippen LogP contribution < -0.4 is 11.1 Å². The molecule has 0 radical (unpaired) electrons. The van der Waals surface area contributed by atoms with Crippen LogP contribution in [0.5, 0.6) is 0 Å². The summed E-state index contributed by atoms with van der Waals surface area (Å²) in [5.74, 6) is -0.0456. The summed E-state index contributed by atoms with van der Waals surface area (Å²) in [6.07, 6.45) is 1.63. The average molecular weight is 247 g/mol. The Morgan fingerprint density at radius 2 is 2.00 bits per heavy atom. The molecule has 4 heteroatoms. The van der Waals surface area contributed by atoms with Crippen molar-refractivity contribution in [1.82, 2.24) is 10.3 Å². The number of rotatable bonds is 3. The van der Waals surface area contributed by atoms with E-state index < -0.39 is 0 Å². The third-order valence-electron chi connectivity index (χ3n) is 4.58. The zero-order valence-corrected chi connectivity index (χ0v) is 11.4. The van der Waals surface area contributed by atoms with Gasteiger partial charge in [-0.15, -0.1) is 0 Å². The highest BCUT2D eigenvalue weighted by Gasteiger charge is 2.65. The number of carbonyl (C=O) groups is 1. The number of hydrogen-bond acceptors (Lipinski definition) is 3. The molecule has 0 unspecified atom stereocenters. The lowest BCUT2D eigenvalue weighted by Crippen LogP contribution is -2.29. The Balaban J connectivity index is 2.10. The summed E-state index contributed by atoms with van der Waals surface area (Å²) in [7, 11) is 0. The molecule has 18 heavy (non-hydrogen) atoms. The fraction of sp³-hybridized carbons (Fsp3) is 0.571. The van der Waals surface area contributed by atoms with E-state index in [4.69, 9.17) is 5.73 Å². The quantitative estimate of drug-likeness (QED) is 0.854. The van der Waals surface area contributed by atoms with Gasteiger partial charge in [0.15, 0.2) is 0 Å². The summed E-state index contributed by atoms with van der Waals surface area (Å²) in [6, 6.07) is 3.68. The number of pyridine rings is 1. The van der Waals surface area contributed by atoms with Crippen molar-refractivity contribution in [2.75, 3.05) is 0 Å². The third-order valence-corrected chi connectivity index (χ3v) is 4.58. The lowest BCUT2D eigenvalue weighted by atomic mass is 10.0. The molecule has 0 spiro atoms. The molecule has 3 N–H and O–H groups in total. The average Bonchev–Trinajstić information content (AvgIpc) is 2.71. The van der Waals surface area contributed by atoms with Gasteiger partial charge in [-0.1, -0.05) is 27.7 Å². The molecule has 0 aliphatic heterocycles. The maximum atomic E-state index is 12.2. The molecule has 1 aliphatic rings. The van der Waals surface area contributed by atoms with Crippen LogP contribution in [0.1, 0.15) is 43.7 Å². The van der Waals surface area contributed by atoms with Gasteiger partial charge in [-0.25, -0.2) is 0 Å². The smallest absolute Gasteiger partial charge is 0.251 e. The van der Waals surface area contributed by atoms with Gasteiger partial charge in [0.05, 0.1) is 5.69 Å². The first kappa shape index (κ1) is 13.0. The SMILES string of the molecule is CC1(C)C(NC(=O)c2ccnc(CN)c2)C1(C)C. The van der Waals surface area contributed by atoms with E-state index in [9.17, 15) is 4.79 Å². The topological polar surface area (TPSA) is 68.0 Å². The number of carbonyl (C=O) groups excluding carboxylic acids is 1. The number of hydrogen-bond donors (Lipinski definition) is 2. The lowest BCUT2D eigenvalue weighted by molar-refractivity contribution is 0.0943. The van der Waals surface area contributed by atoms with Gasteiger partial charge in [0.1, 0.15) is 0 Å². The van der Waals surface area contributed by atoms with Crippen molar-refractivity contribution >= 4 is 5.91 Å². The predicted molar refractivity (Wildman–Crippen MR) is 70.9 cm³/mol. The van der Waals surface area contributed by atoms with E-state index in [1.54, 1.807) is 18.3 Å². The van der Waals surface area contributed by atoms with Gasteiger partial charge in [0.25, 0.3) is 5.91 Å². The third kappa shape index (κ3) is 1.90. The summed E-state index contributed by atoms with van der Waals surface area (Å²) < 4.78 is 0. The van der Waals surface area contributed by atoms with Crippen LogP contribution in [0.2, 0.25) is 0 Å². The van der Waals surface area contributed by atoms with Crippen LogP contribution in [-0.2, 0) is 6.54 Å². The molecule has 0 bridgehead atoms. The highest BCUT2D eigenvalue weighted by Crippen LogP contribution is 2.62. The molecule has 1 fully saturated rings. The van der Waals surface area contributed by atoms with E-state index in [1.165, 1.54) is 0 Å². The normalized spacial score (nSPS) is 20.5. The Labute approximate surface area is 108 Å². The Kier molecular flexibility index (Phi) is 2.93. The second-order valence-electron chi connectivity index (χ2n) is 6.09. The highest BCUT2D eigenvalue weighted by molar-refractivity contribution is 5.94. The molecule has 1 heterocycles. The zero-order valence-electron chi connectivity index (χ0n) is 11.4. The first-order chi connectivity index (χ1) is 8.30.